The van der Waals surface area contributed by atoms with Crippen molar-refractivity contribution in [3.63, 3.8) is 0 Å². The standard InChI is InChI=1S/C18H15F3N6O2/c1-17(6-8-23-15(17)28)16-27-26-14(29-16)13-11(3-2-7-22-13)25-12-5-4-10(9-24-12)18(19,20)21/h2-5,7,9H,6,8H2,1H3,(H,23,28)(H,24,25). The minimum atomic E-state index is -4.46. The van der Waals surface area contributed by atoms with Crippen LogP contribution in [0.4, 0.5) is 24.7 Å². The third-order valence-electron chi connectivity index (χ3n) is 4.67. The quantitative estimate of drug-likeness (QED) is 0.688. The molecule has 0 aromatic carbocycles. The molecule has 1 aliphatic heterocycles. The number of carbonyl (C=O) groups is 1. The molecule has 3 aromatic rings. The predicted octanol–water partition coefficient (Wildman–Crippen LogP) is 3.07. The van der Waals surface area contributed by atoms with Crippen LogP contribution in [0.5, 0.6) is 0 Å². The molecule has 0 aliphatic carbocycles. The number of halogens is 3. The zero-order valence-electron chi connectivity index (χ0n) is 15.1. The number of nitrogens with zero attached hydrogens (tertiary/aromatic N) is 4. The molecule has 1 amide bonds. The normalized spacial score (nSPS) is 19.2. The van der Waals surface area contributed by atoms with Gasteiger partial charge in [0.1, 0.15) is 11.2 Å². The van der Waals surface area contributed by atoms with E-state index in [1.165, 1.54) is 12.3 Å². The maximum atomic E-state index is 12.7. The molecule has 0 spiro atoms. The van der Waals surface area contributed by atoms with Crippen LogP contribution < -0.4 is 10.6 Å². The van der Waals surface area contributed by atoms with Gasteiger partial charge in [0.25, 0.3) is 5.89 Å². The summed E-state index contributed by atoms with van der Waals surface area (Å²) in [5, 5.41) is 13.6. The summed E-state index contributed by atoms with van der Waals surface area (Å²) in [6.45, 7) is 2.24. The molecular weight excluding hydrogens is 389 g/mol. The van der Waals surface area contributed by atoms with Crippen molar-refractivity contribution in [2.45, 2.75) is 24.9 Å². The Labute approximate surface area is 162 Å². The summed E-state index contributed by atoms with van der Waals surface area (Å²) in [6, 6.07) is 5.42. The van der Waals surface area contributed by atoms with Crippen LogP contribution in [0.15, 0.2) is 41.1 Å². The van der Waals surface area contributed by atoms with Crippen molar-refractivity contribution in [2.75, 3.05) is 11.9 Å². The van der Waals surface area contributed by atoms with Gasteiger partial charge in [0.05, 0.1) is 11.3 Å². The number of hydrogen-bond acceptors (Lipinski definition) is 7. The molecule has 1 unspecified atom stereocenters. The van der Waals surface area contributed by atoms with E-state index in [9.17, 15) is 18.0 Å². The topological polar surface area (TPSA) is 106 Å². The molecule has 1 aliphatic rings. The van der Waals surface area contributed by atoms with Gasteiger partial charge >= 0.3 is 6.18 Å². The first-order chi connectivity index (χ1) is 13.8. The first-order valence-corrected chi connectivity index (χ1v) is 8.65. The fourth-order valence-corrected chi connectivity index (χ4v) is 2.93. The summed E-state index contributed by atoms with van der Waals surface area (Å²) in [5.41, 5.74) is -1.06. The lowest BCUT2D eigenvalue weighted by Crippen LogP contribution is -2.32. The van der Waals surface area contributed by atoms with Gasteiger partial charge in [-0.2, -0.15) is 13.2 Å². The van der Waals surface area contributed by atoms with Gasteiger partial charge < -0.3 is 15.1 Å². The molecule has 150 valence electrons. The highest BCUT2D eigenvalue weighted by Crippen LogP contribution is 2.34. The van der Waals surface area contributed by atoms with E-state index in [1.807, 2.05) is 0 Å². The largest absolute Gasteiger partial charge is 0.418 e. The van der Waals surface area contributed by atoms with E-state index in [-0.39, 0.29) is 29.2 Å². The predicted molar refractivity (Wildman–Crippen MR) is 95.0 cm³/mol. The Kier molecular flexibility index (Phi) is 4.44. The smallest absolute Gasteiger partial charge is 0.417 e. The maximum absolute atomic E-state index is 12.7. The Bertz CT molecular complexity index is 1050. The number of hydrogen-bond donors (Lipinski definition) is 2. The number of anilines is 2. The summed E-state index contributed by atoms with van der Waals surface area (Å²) >= 11 is 0. The van der Waals surface area contributed by atoms with Crippen LogP contribution in [0.3, 0.4) is 0 Å². The zero-order chi connectivity index (χ0) is 20.6. The summed E-state index contributed by atoms with van der Waals surface area (Å²) in [6.07, 6.45) is -1.69. The Balaban J connectivity index is 1.62. The minimum absolute atomic E-state index is 0.0796. The number of nitrogens with one attached hydrogen (secondary N) is 2. The summed E-state index contributed by atoms with van der Waals surface area (Å²) in [5.74, 6) is 0.248. The van der Waals surface area contributed by atoms with Crippen molar-refractivity contribution in [3.05, 3.63) is 48.1 Å². The molecule has 8 nitrogen and oxygen atoms in total. The minimum Gasteiger partial charge on any atom is -0.418 e. The highest BCUT2D eigenvalue weighted by Gasteiger charge is 2.44. The first kappa shape index (κ1) is 18.8. The van der Waals surface area contributed by atoms with Gasteiger partial charge in [-0.05, 0) is 37.6 Å². The highest BCUT2D eigenvalue weighted by molar-refractivity contribution is 5.88. The van der Waals surface area contributed by atoms with Crippen LogP contribution in [0.25, 0.3) is 11.6 Å². The van der Waals surface area contributed by atoms with Crippen molar-refractivity contribution in [1.29, 1.82) is 0 Å². The van der Waals surface area contributed by atoms with Crippen LogP contribution in [-0.2, 0) is 16.4 Å². The molecule has 0 saturated carbocycles. The number of amides is 1. The van der Waals surface area contributed by atoms with Crippen molar-refractivity contribution in [1.82, 2.24) is 25.5 Å². The van der Waals surface area contributed by atoms with Gasteiger partial charge in [-0.25, -0.2) is 9.97 Å². The van der Waals surface area contributed by atoms with Crippen LogP contribution >= 0.6 is 0 Å². The monoisotopic (exact) mass is 404 g/mol. The summed E-state index contributed by atoms with van der Waals surface area (Å²) in [7, 11) is 0. The van der Waals surface area contributed by atoms with E-state index >= 15 is 0 Å². The van der Waals surface area contributed by atoms with Gasteiger partial charge in [-0.3, -0.25) is 4.79 Å². The van der Waals surface area contributed by atoms with Crippen molar-refractivity contribution < 1.29 is 22.4 Å². The van der Waals surface area contributed by atoms with E-state index < -0.39 is 17.2 Å². The number of rotatable bonds is 4. The van der Waals surface area contributed by atoms with Crippen LogP contribution in [0, 0.1) is 0 Å². The van der Waals surface area contributed by atoms with Gasteiger partial charge in [-0.15, -0.1) is 10.2 Å². The number of aromatic nitrogens is 4. The van der Waals surface area contributed by atoms with Gasteiger partial charge in [0.15, 0.2) is 5.69 Å². The van der Waals surface area contributed by atoms with Crippen LogP contribution in [-0.4, -0.2) is 32.6 Å². The molecular formula is C18H15F3N6O2. The lowest BCUT2D eigenvalue weighted by Gasteiger charge is -2.14. The lowest BCUT2D eigenvalue weighted by molar-refractivity contribution is -0.137. The third kappa shape index (κ3) is 3.50. The van der Waals surface area contributed by atoms with Crippen molar-refractivity contribution in [3.8, 4) is 11.6 Å². The van der Waals surface area contributed by atoms with E-state index in [1.54, 1.807) is 19.1 Å². The van der Waals surface area contributed by atoms with E-state index in [0.717, 1.165) is 12.3 Å². The molecule has 4 rings (SSSR count). The van der Waals surface area contributed by atoms with Gasteiger partial charge in [0, 0.05) is 18.9 Å². The Morgan fingerprint density at radius 2 is 2.03 bits per heavy atom. The van der Waals surface area contributed by atoms with Crippen LogP contribution in [0.2, 0.25) is 0 Å². The second kappa shape index (κ2) is 6.83. The van der Waals surface area contributed by atoms with Gasteiger partial charge in [0.2, 0.25) is 11.8 Å². The molecule has 29 heavy (non-hydrogen) atoms. The third-order valence-corrected chi connectivity index (χ3v) is 4.67. The number of carbonyl (C=O) groups excluding carboxylic acids is 1. The molecule has 1 atom stereocenters. The molecule has 1 saturated heterocycles. The van der Waals surface area contributed by atoms with E-state index in [4.69, 9.17) is 4.42 Å². The first-order valence-electron chi connectivity index (χ1n) is 8.65. The Hall–Kier alpha value is -3.50. The molecule has 11 heteroatoms. The zero-order valence-corrected chi connectivity index (χ0v) is 15.1. The molecule has 1 fully saturated rings. The van der Waals surface area contributed by atoms with E-state index in [0.29, 0.717) is 18.7 Å². The Morgan fingerprint density at radius 3 is 2.69 bits per heavy atom. The number of alkyl halides is 3. The maximum Gasteiger partial charge on any atom is 0.417 e. The van der Waals surface area contributed by atoms with E-state index in [2.05, 4.69) is 30.8 Å². The molecule has 4 heterocycles. The average molecular weight is 404 g/mol. The van der Waals surface area contributed by atoms with Crippen molar-refractivity contribution >= 4 is 17.4 Å². The van der Waals surface area contributed by atoms with Gasteiger partial charge in [-0.1, -0.05) is 0 Å². The fourth-order valence-electron chi connectivity index (χ4n) is 2.93. The second-order valence-corrected chi connectivity index (χ2v) is 6.70. The molecule has 3 aromatic heterocycles. The highest BCUT2D eigenvalue weighted by atomic mass is 19.4. The van der Waals surface area contributed by atoms with Crippen LogP contribution in [0.1, 0.15) is 24.8 Å². The molecule has 0 bridgehead atoms. The number of pyridine rings is 2. The summed E-state index contributed by atoms with van der Waals surface area (Å²) < 4.78 is 43.8. The fraction of sp³-hybridized carbons (Fsp3) is 0.278. The lowest BCUT2D eigenvalue weighted by atomic mass is 9.89. The average Bonchev–Trinajstić information content (AvgIpc) is 3.30. The molecule has 2 N–H and O–H groups in total. The SMILES string of the molecule is CC1(c2nnc(-c3ncccc3Nc3ccc(C(F)(F)F)cn3)o2)CCNC1=O. The molecule has 0 radical (unpaired) electrons. The van der Waals surface area contributed by atoms with Crippen molar-refractivity contribution in [2.24, 2.45) is 0 Å². The second-order valence-electron chi connectivity index (χ2n) is 6.70. The summed E-state index contributed by atoms with van der Waals surface area (Å²) in [4.78, 5) is 20.1. The Morgan fingerprint density at radius 1 is 1.21 bits per heavy atom.